The Bertz CT molecular complexity index is 439. The van der Waals surface area contributed by atoms with Gasteiger partial charge in [-0.1, -0.05) is 56.3 Å². The van der Waals surface area contributed by atoms with Gasteiger partial charge in [0.15, 0.2) is 0 Å². The summed E-state index contributed by atoms with van der Waals surface area (Å²) >= 11 is 6.53. The van der Waals surface area contributed by atoms with E-state index >= 15 is 0 Å². The average molecular weight is 309 g/mol. The Kier molecular flexibility index (Phi) is 6.38. The minimum atomic E-state index is 0.213. The van der Waals surface area contributed by atoms with Gasteiger partial charge in [0.1, 0.15) is 0 Å². The smallest absolute Gasteiger partial charge is 0.0642 e. The molecule has 1 saturated carbocycles. The first-order valence-electron chi connectivity index (χ1n) is 8.39. The molecule has 1 aromatic rings. The van der Waals surface area contributed by atoms with Gasteiger partial charge in [-0.05, 0) is 37.3 Å². The molecule has 1 aromatic carbocycles. The molecule has 1 atom stereocenters. The lowest BCUT2D eigenvalue weighted by atomic mass is 10.00. The number of halogens is 1. The van der Waals surface area contributed by atoms with Gasteiger partial charge in [0.05, 0.1) is 10.7 Å². The van der Waals surface area contributed by atoms with Gasteiger partial charge in [-0.15, -0.1) is 0 Å². The molecule has 2 N–H and O–H groups in total. The van der Waals surface area contributed by atoms with Crippen molar-refractivity contribution in [3.8, 4) is 0 Å². The van der Waals surface area contributed by atoms with E-state index in [0.29, 0.717) is 6.04 Å². The summed E-state index contributed by atoms with van der Waals surface area (Å²) in [5.74, 6) is 0. The molecule has 1 fully saturated rings. The minimum Gasteiger partial charge on any atom is -0.370 e. The summed E-state index contributed by atoms with van der Waals surface area (Å²) in [6.45, 7) is 2.14. The Labute approximate surface area is 134 Å². The molecule has 2 nitrogen and oxygen atoms in total. The summed E-state index contributed by atoms with van der Waals surface area (Å²) in [6, 6.07) is 7.06. The molecule has 21 heavy (non-hydrogen) atoms. The number of benzene rings is 1. The Morgan fingerprint density at radius 2 is 1.90 bits per heavy atom. The quantitative estimate of drug-likeness (QED) is 0.793. The average Bonchev–Trinajstić information content (AvgIpc) is 2.76. The summed E-state index contributed by atoms with van der Waals surface area (Å²) in [5.41, 5.74) is 8.66. The van der Waals surface area contributed by atoms with Crippen LogP contribution in [0.4, 0.5) is 5.69 Å². The summed E-state index contributed by atoms with van der Waals surface area (Å²) in [4.78, 5) is 2.42. The number of hydrogen-bond acceptors (Lipinski definition) is 2. The highest BCUT2D eigenvalue weighted by molar-refractivity contribution is 6.33. The highest BCUT2D eigenvalue weighted by Gasteiger charge is 2.21. The maximum atomic E-state index is 6.53. The zero-order valence-corrected chi connectivity index (χ0v) is 14.2. The van der Waals surface area contributed by atoms with Crippen LogP contribution in [0.2, 0.25) is 5.02 Å². The number of nitrogens with zero attached hydrogens (tertiary/aromatic N) is 1. The maximum absolute atomic E-state index is 6.53. The van der Waals surface area contributed by atoms with E-state index in [1.807, 2.05) is 12.1 Å². The third-order valence-corrected chi connectivity index (χ3v) is 5.11. The van der Waals surface area contributed by atoms with E-state index in [4.69, 9.17) is 17.3 Å². The fourth-order valence-corrected chi connectivity index (χ4v) is 3.70. The van der Waals surface area contributed by atoms with Crippen molar-refractivity contribution in [3.05, 3.63) is 28.8 Å². The minimum absolute atomic E-state index is 0.213. The third-order valence-electron chi connectivity index (χ3n) is 4.80. The van der Waals surface area contributed by atoms with Crippen molar-refractivity contribution in [1.82, 2.24) is 0 Å². The second-order valence-electron chi connectivity index (χ2n) is 6.38. The van der Waals surface area contributed by atoms with Gasteiger partial charge < -0.3 is 10.6 Å². The van der Waals surface area contributed by atoms with Crippen LogP contribution >= 0.6 is 11.6 Å². The van der Waals surface area contributed by atoms with Crippen LogP contribution in [0, 0.1) is 0 Å². The van der Waals surface area contributed by atoms with Crippen LogP contribution in [0.5, 0.6) is 0 Å². The summed E-state index contributed by atoms with van der Waals surface area (Å²) in [6.07, 6.45) is 9.89. The zero-order chi connectivity index (χ0) is 15.2. The molecule has 0 aromatic heterocycles. The predicted molar refractivity (Wildman–Crippen MR) is 93.3 cm³/mol. The molecule has 2 rings (SSSR count). The first kappa shape index (κ1) is 16.6. The lowest BCUT2D eigenvalue weighted by Gasteiger charge is -2.32. The van der Waals surface area contributed by atoms with E-state index in [9.17, 15) is 0 Å². The molecule has 0 spiro atoms. The molecule has 1 aliphatic carbocycles. The van der Waals surface area contributed by atoms with Crippen LogP contribution in [0.25, 0.3) is 0 Å². The molecule has 0 bridgehead atoms. The number of hydrogen-bond donors (Lipinski definition) is 1. The molecular formula is C18H29ClN2. The van der Waals surface area contributed by atoms with Crippen LogP contribution in [0.15, 0.2) is 18.2 Å². The molecular weight excluding hydrogens is 280 g/mol. The van der Waals surface area contributed by atoms with Crippen LogP contribution in [-0.4, -0.2) is 19.1 Å². The van der Waals surface area contributed by atoms with Gasteiger partial charge in [-0.2, -0.15) is 0 Å². The van der Waals surface area contributed by atoms with Crippen molar-refractivity contribution < 1.29 is 0 Å². The molecule has 0 amide bonds. The second kappa shape index (κ2) is 8.05. The van der Waals surface area contributed by atoms with E-state index in [-0.39, 0.29) is 6.04 Å². The van der Waals surface area contributed by atoms with Gasteiger partial charge in [0.25, 0.3) is 0 Å². The largest absolute Gasteiger partial charge is 0.370 e. The van der Waals surface area contributed by atoms with E-state index in [1.54, 1.807) is 0 Å². The van der Waals surface area contributed by atoms with Crippen LogP contribution in [0.1, 0.15) is 57.4 Å². The normalized spacial score (nSPS) is 18.3. The topological polar surface area (TPSA) is 29.3 Å². The Morgan fingerprint density at radius 3 is 2.52 bits per heavy atom. The van der Waals surface area contributed by atoms with E-state index in [2.05, 4.69) is 24.9 Å². The molecule has 1 aliphatic rings. The number of nitrogens with two attached hydrogens (primary N) is 1. The predicted octanol–water partition coefficient (Wildman–Crippen LogP) is 4.78. The van der Waals surface area contributed by atoms with Crippen molar-refractivity contribution in [1.29, 1.82) is 0 Å². The number of rotatable bonds is 5. The van der Waals surface area contributed by atoms with Crippen LogP contribution in [-0.2, 0) is 6.42 Å². The maximum Gasteiger partial charge on any atom is 0.0642 e. The van der Waals surface area contributed by atoms with Gasteiger partial charge in [0, 0.05) is 19.1 Å². The van der Waals surface area contributed by atoms with Gasteiger partial charge in [-0.3, -0.25) is 0 Å². The van der Waals surface area contributed by atoms with Crippen molar-refractivity contribution in [2.45, 2.75) is 70.4 Å². The standard InChI is InChI=1S/C18H29ClN2/c1-3-15(20)13-14-9-8-12-17(19)18(14)21(2)16-10-6-4-5-7-11-16/h8-9,12,15-16H,3-7,10-11,13,20H2,1-2H3. The van der Waals surface area contributed by atoms with Gasteiger partial charge in [-0.25, -0.2) is 0 Å². The summed E-state index contributed by atoms with van der Waals surface area (Å²) in [5, 5.41) is 0.863. The molecule has 0 radical (unpaired) electrons. The van der Waals surface area contributed by atoms with E-state index in [0.717, 1.165) is 17.9 Å². The van der Waals surface area contributed by atoms with Gasteiger partial charge in [0.2, 0.25) is 0 Å². The summed E-state index contributed by atoms with van der Waals surface area (Å²) < 4.78 is 0. The van der Waals surface area contributed by atoms with Gasteiger partial charge >= 0.3 is 0 Å². The molecule has 3 heteroatoms. The third kappa shape index (κ3) is 4.37. The second-order valence-corrected chi connectivity index (χ2v) is 6.78. The highest BCUT2D eigenvalue weighted by Crippen LogP contribution is 2.34. The van der Waals surface area contributed by atoms with E-state index in [1.165, 1.54) is 49.8 Å². The van der Waals surface area contributed by atoms with Crippen molar-refractivity contribution in [3.63, 3.8) is 0 Å². The molecule has 0 aliphatic heterocycles. The molecule has 1 unspecified atom stereocenters. The lowest BCUT2D eigenvalue weighted by Crippen LogP contribution is -2.33. The molecule has 0 saturated heterocycles. The van der Waals surface area contributed by atoms with Crippen LogP contribution in [0.3, 0.4) is 0 Å². The van der Waals surface area contributed by atoms with E-state index < -0.39 is 0 Å². The Balaban J connectivity index is 2.23. The van der Waals surface area contributed by atoms with Crippen molar-refractivity contribution in [2.24, 2.45) is 5.73 Å². The zero-order valence-electron chi connectivity index (χ0n) is 13.4. The van der Waals surface area contributed by atoms with Crippen molar-refractivity contribution >= 4 is 17.3 Å². The fourth-order valence-electron chi connectivity index (χ4n) is 3.37. The number of anilines is 1. The molecule has 118 valence electrons. The monoisotopic (exact) mass is 308 g/mol. The Morgan fingerprint density at radius 1 is 1.24 bits per heavy atom. The first-order chi connectivity index (χ1) is 10.1. The molecule has 0 heterocycles. The lowest BCUT2D eigenvalue weighted by molar-refractivity contribution is 0.550. The number of para-hydroxylation sites is 1. The SMILES string of the molecule is CCC(N)Cc1cccc(Cl)c1N(C)C1CCCCCC1. The van der Waals surface area contributed by atoms with Crippen molar-refractivity contribution in [2.75, 3.05) is 11.9 Å². The first-order valence-corrected chi connectivity index (χ1v) is 8.77. The highest BCUT2D eigenvalue weighted by atomic mass is 35.5. The van der Waals surface area contributed by atoms with Crippen LogP contribution < -0.4 is 10.6 Å². The fraction of sp³-hybridized carbons (Fsp3) is 0.667. The summed E-state index contributed by atoms with van der Waals surface area (Å²) in [7, 11) is 2.21. The Hall–Kier alpha value is -0.730.